The Kier molecular flexibility index (Phi) is 4.60. The molecule has 0 saturated carbocycles. The maximum atomic E-state index is 11.9. The van der Waals surface area contributed by atoms with Gasteiger partial charge in [0.2, 0.25) is 0 Å². The normalized spacial score (nSPS) is 9.62. The van der Waals surface area contributed by atoms with Crippen LogP contribution in [-0.2, 0) is 0 Å². The van der Waals surface area contributed by atoms with Gasteiger partial charge in [0.05, 0.1) is 17.1 Å². The largest absolute Gasteiger partial charge is 0.328 e. The van der Waals surface area contributed by atoms with E-state index in [9.17, 15) is 4.79 Å². The standard InChI is InChI=1S/C11H10Cl2N2O/c1-3-5-15(4-2)11(16)8-6-9(12)10(13)14-7-8/h1,6-7H,4-5H2,2H3. The van der Waals surface area contributed by atoms with Crippen LogP contribution in [-0.4, -0.2) is 28.9 Å². The first-order valence-electron chi connectivity index (χ1n) is 4.64. The van der Waals surface area contributed by atoms with Crippen molar-refractivity contribution in [2.75, 3.05) is 13.1 Å². The molecule has 0 atom stereocenters. The lowest BCUT2D eigenvalue weighted by atomic mass is 10.2. The van der Waals surface area contributed by atoms with E-state index < -0.39 is 0 Å². The van der Waals surface area contributed by atoms with Gasteiger partial charge in [0.1, 0.15) is 5.15 Å². The SMILES string of the molecule is C#CCN(CC)C(=O)c1cnc(Cl)c(Cl)c1. The van der Waals surface area contributed by atoms with Gasteiger partial charge in [0, 0.05) is 12.7 Å². The van der Waals surface area contributed by atoms with E-state index in [1.54, 1.807) is 0 Å². The fraction of sp³-hybridized carbons (Fsp3) is 0.273. The van der Waals surface area contributed by atoms with Crippen molar-refractivity contribution >= 4 is 29.1 Å². The predicted octanol–water partition coefficient (Wildman–Crippen LogP) is 2.48. The predicted molar refractivity (Wildman–Crippen MR) is 64.7 cm³/mol. The minimum Gasteiger partial charge on any atom is -0.328 e. The number of carbonyl (C=O) groups excluding carboxylic acids is 1. The van der Waals surface area contributed by atoms with E-state index in [2.05, 4.69) is 10.9 Å². The molecular weight excluding hydrogens is 247 g/mol. The highest BCUT2D eigenvalue weighted by atomic mass is 35.5. The van der Waals surface area contributed by atoms with Crippen molar-refractivity contribution in [3.05, 3.63) is 28.0 Å². The highest BCUT2D eigenvalue weighted by Gasteiger charge is 2.14. The van der Waals surface area contributed by atoms with Crippen molar-refractivity contribution in [2.24, 2.45) is 0 Å². The smallest absolute Gasteiger partial charge is 0.256 e. The van der Waals surface area contributed by atoms with Gasteiger partial charge in [0.25, 0.3) is 5.91 Å². The second-order valence-corrected chi connectivity index (χ2v) is 3.79. The Morgan fingerprint density at radius 2 is 2.31 bits per heavy atom. The lowest BCUT2D eigenvalue weighted by molar-refractivity contribution is 0.0784. The molecule has 1 amide bonds. The van der Waals surface area contributed by atoms with Crippen LogP contribution >= 0.6 is 23.2 Å². The topological polar surface area (TPSA) is 33.2 Å². The number of nitrogens with zero attached hydrogens (tertiary/aromatic N) is 2. The van der Waals surface area contributed by atoms with Crippen LogP contribution < -0.4 is 0 Å². The van der Waals surface area contributed by atoms with E-state index in [0.29, 0.717) is 12.1 Å². The summed E-state index contributed by atoms with van der Waals surface area (Å²) < 4.78 is 0. The Morgan fingerprint density at radius 3 is 2.81 bits per heavy atom. The molecule has 1 aromatic rings. The zero-order valence-corrected chi connectivity index (χ0v) is 10.2. The Morgan fingerprint density at radius 1 is 1.62 bits per heavy atom. The summed E-state index contributed by atoms with van der Waals surface area (Å²) in [7, 11) is 0. The molecule has 84 valence electrons. The first-order chi connectivity index (χ1) is 7.60. The van der Waals surface area contributed by atoms with E-state index in [1.165, 1.54) is 17.2 Å². The van der Waals surface area contributed by atoms with E-state index in [-0.39, 0.29) is 22.6 Å². The molecule has 0 unspecified atom stereocenters. The zero-order valence-electron chi connectivity index (χ0n) is 8.70. The lowest BCUT2D eigenvalue weighted by Crippen LogP contribution is -2.31. The van der Waals surface area contributed by atoms with Crippen LogP contribution in [0.15, 0.2) is 12.3 Å². The maximum absolute atomic E-state index is 11.9. The minimum absolute atomic E-state index is 0.179. The summed E-state index contributed by atoms with van der Waals surface area (Å²) in [4.78, 5) is 17.2. The highest BCUT2D eigenvalue weighted by molar-refractivity contribution is 6.41. The summed E-state index contributed by atoms with van der Waals surface area (Å²) in [6.07, 6.45) is 6.55. The van der Waals surface area contributed by atoms with Gasteiger partial charge >= 0.3 is 0 Å². The molecule has 0 radical (unpaired) electrons. The summed E-state index contributed by atoms with van der Waals surface area (Å²) >= 11 is 11.4. The van der Waals surface area contributed by atoms with Crippen LogP contribution in [0.2, 0.25) is 10.2 Å². The summed E-state index contributed by atoms with van der Waals surface area (Å²) in [6.45, 7) is 2.64. The van der Waals surface area contributed by atoms with Gasteiger partial charge in [-0.3, -0.25) is 4.79 Å². The van der Waals surface area contributed by atoms with Crippen molar-refractivity contribution in [3.8, 4) is 12.3 Å². The monoisotopic (exact) mass is 256 g/mol. The molecule has 0 aliphatic carbocycles. The van der Waals surface area contributed by atoms with Crippen LogP contribution in [0.5, 0.6) is 0 Å². The van der Waals surface area contributed by atoms with Gasteiger partial charge in [-0.2, -0.15) is 0 Å². The number of aromatic nitrogens is 1. The molecule has 0 aromatic carbocycles. The minimum atomic E-state index is -0.202. The number of amides is 1. The number of halogens is 2. The van der Waals surface area contributed by atoms with Gasteiger partial charge < -0.3 is 4.90 Å². The number of hydrogen-bond acceptors (Lipinski definition) is 2. The molecule has 16 heavy (non-hydrogen) atoms. The average molecular weight is 257 g/mol. The van der Waals surface area contributed by atoms with Gasteiger partial charge in [-0.1, -0.05) is 29.1 Å². The van der Waals surface area contributed by atoms with Crippen molar-refractivity contribution < 1.29 is 4.79 Å². The molecule has 0 aliphatic heterocycles. The third-order valence-corrected chi connectivity index (χ3v) is 2.68. The third kappa shape index (κ3) is 2.88. The van der Waals surface area contributed by atoms with Crippen LogP contribution in [0.25, 0.3) is 0 Å². The molecule has 1 aromatic heterocycles. The van der Waals surface area contributed by atoms with Gasteiger partial charge in [-0.25, -0.2) is 4.98 Å². The van der Waals surface area contributed by atoms with Crippen molar-refractivity contribution in [1.82, 2.24) is 9.88 Å². The molecule has 1 heterocycles. The maximum Gasteiger partial charge on any atom is 0.256 e. The zero-order chi connectivity index (χ0) is 12.1. The lowest BCUT2D eigenvalue weighted by Gasteiger charge is -2.17. The van der Waals surface area contributed by atoms with Crippen LogP contribution in [0.3, 0.4) is 0 Å². The van der Waals surface area contributed by atoms with Crippen LogP contribution in [0, 0.1) is 12.3 Å². The fourth-order valence-electron chi connectivity index (χ4n) is 1.16. The summed E-state index contributed by atoms with van der Waals surface area (Å²) in [5, 5.41) is 0.433. The molecule has 0 fully saturated rings. The van der Waals surface area contributed by atoms with Crippen molar-refractivity contribution in [1.29, 1.82) is 0 Å². The summed E-state index contributed by atoms with van der Waals surface area (Å²) in [5.41, 5.74) is 0.381. The summed E-state index contributed by atoms with van der Waals surface area (Å²) in [5.74, 6) is 2.22. The van der Waals surface area contributed by atoms with Crippen LogP contribution in [0.1, 0.15) is 17.3 Å². The molecular formula is C11H10Cl2N2O. The number of rotatable bonds is 3. The van der Waals surface area contributed by atoms with E-state index in [4.69, 9.17) is 29.6 Å². The van der Waals surface area contributed by atoms with Crippen molar-refractivity contribution in [3.63, 3.8) is 0 Å². The van der Waals surface area contributed by atoms with Gasteiger partial charge in [0.15, 0.2) is 0 Å². The number of hydrogen-bond donors (Lipinski definition) is 0. The quantitative estimate of drug-likeness (QED) is 0.615. The first-order valence-corrected chi connectivity index (χ1v) is 5.39. The number of carbonyl (C=O) groups is 1. The number of pyridine rings is 1. The molecule has 0 N–H and O–H groups in total. The second kappa shape index (κ2) is 5.74. The molecule has 3 nitrogen and oxygen atoms in total. The molecule has 0 saturated heterocycles. The Hall–Kier alpha value is -1.24. The molecule has 0 bridgehead atoms. The fourth-order valence-corrected chi connectivity index (χ4v) is 1.43. The molecule has 0 spiro atoms. The third-order valence-electron chi connectivity index (χ3n) is 1.99. The first kappa shape index (κ1) is 12.8. The summed E-state index contributed by atoms with van der Waals surface area (Å²) in [6, 6.07) is 1.48. The van der Waals surface area contributed by atoms with Gasteiger partial charge in [-0.05, 0) is 13.0 Å². The Bertz CT molecular complexity index is 440. The highest BCUT2D eigenvalue weighted by Crippen LogP contribution is 2.20. The Labute approximate surface area is 104 Å². The van der Waals surface area contributed by atoms with E-state index >= 15 is 0 Å². The van der Waals surface area contributed by atoms with Gasteiger partial charge in [-0.15, -0.1) is 6.42 Å². The molecule has 5 heteroatoms. The van der Waals surface area contributed by atoms with Crippen LogP contribution in [0.4, 0.5) is 0 Å². The molecule has 1 rings (SSSR count). The molecule has 0 aliphatic rings. The van der Waals surface area contributed by atoms with E-state index in [0.717, 1.165) is 0 Å². The van der Waals surface area contributed by atoms with E-state index in [1.807, 2.05) is 6.92 Å². The second-order valence-electron chi connectivity index (χ2n) is 3.02. The number of terminal acetylenes is 1. The Balaban J connectivity index is 2.95. The average Bonchev–Trinajstić information content (AvgIpc) is 2.28. The van der Waals surface area contributed by atoms with Crippen molar-refractivity contribution in [2.45, 2.75) is 6.92 Å².